The molecule has 2 saturated carbocycles. The quantitative estimate of drug-likeness (QED) is 0.0890. The SMILES string of the molecule is CN(C)C1(CCc2ccccc2)CCC(C(N)=O)CC1.Cc1onc(-c2c(F)cccc2Cl)c1OC(=O)O.O=C(NC1CCC(Cc2ccccc2)(N2CCCC2)CC1)c1cccnc1Sc1ccc(Cl)cc1. The van der Waals surface area contributed by atoms with Crippen molar-refractivity contribution >= 4 is 52.9 Å². The Morgan fingerprint density at radius 1 is 0.863 bits per heavy atom. The van der Waals surface area contributed by atoms with Gasteiger partial charge in [0.15, 0.2) is 11.5 Å². The zero-order valence-electron chi connectivity index (χ0n) is 41.7. The molecule has 2 amide bonds. The van der Waals surface area contributed by atoms with Gasteiger partial charge in [0.25, 0.3) is 5.91 Å². The molecule has 3 heterocycles. The minimum Gasteiger partial charge on any atom is -0.449 e. The highest BCUT2D eigenvalue weighted by Crippen LogP contribution is 2.41. The number of carbonyl (C=O) groups is 3. The second kappa shape index (κ2) is 25.9. The van der Waals surface area contributed by atoms with Crippen LogP contribution in [-0.2, 0) is 17.6 Å². The third kappa shape index (κ3) is 14.7. The van der Waals surface area contributed by atoms with Crippen molar-refractivity contribution in [2.75, 3.05) is 27.2 Å². The van der Waals surface area contributed by atoms with E-state index in [0.717, 1.165) is 80.6 Å². The molecule has 0 unspecified atom stereocenters. The normalized spacial score (nSPS) is 20.8. The first kappa shape index (κ1) is 55.0. The van der Waals surface area contributed by atoms with Crippen LogP contribution >= 0.6 is 35.0 Å². The van der Waals surface area contributed by atoms with Crippen LogP contribution in [0.25, 0.3) is 11.3 Å². The van der Waals surface area contributed by atoms with Crippen molar-refractivity contribution in [3.8, 4) is 17.0 Å². The number of amides is 2. The molecular weight excluding hydrogens is 987 g/mol. The van der Waals surface area contributed by atoms with Crippen molar-refractivity contribution in [3.63, 3.8) is 0 Å². The first-order valence-electron chi connectivity index (χ1n) is 25.0. The topological polar surface area (TPSA) is 164 Å². The van der Waals surface area contributed by atoms with Crippen molar-refractivity contribution in [3.05, 3.63) is 160 Å². The van der Waals surface area contributed by atoms with E-state index in [0.29, 0.717) is 10.6 Å². The number of benzene rings is 4. The first-order chi connectivity index (χ1) is 35.1. The van der Waals surface area contributed by atoms with Crippen LogP contribution < -0.4 is 15.8 Å². The van der Waals surface area contributed by atoms with Crippen LogP contribution in [-0.4, -0.2) is 87.3 Å². The van der Waals surface area contributed by atoms with Crippen LogP contribution in [0.4, 0.5) is 9.18 Å². The highest BCUT2D eigenvalue weighted by atomic mass is 35.5. The summed E-state index contributed by atoms with van der Waals surface area (Å²) >= 11 is 13.4. The molecule has 3 aliphatic rings. The van der Waals surface area contributed by atoms with Gasteiger partial charge in [-0.1, -0.05) is 107 Å². The number of carbonyl (C=O) groups excluding carboxylic acids is 2. The zero-order chi connectivity index (χ0) is 52.0. The fourth-order valence-corrected chi connectivity index (χ4v) is 11.7. The van der Waals surface area contributed by atoms with Crippen molar-refractivity contribution in [1.82, 2.24) is 25.3 Å². The molecule has 12 nitrogen and oxygen atoms in total. The predicted octanol–water partition coefficient (Wildman–Crippen LogP) is 12.7. The number of pyridine rings is 1. The summed E-state index contributed by atoms with van der Waals surface area (Å²) in [7, 11) is 4.32. The lowest BCUT2D eigenvalue weighted by atomic mass is 9.72. The monoisotopic (exact) mass is 1050 g/mol. The number of hydrogen-bond acceptors (Lipinski definition) is 10. The van der Waals surface area contributed by atoms with Crippen molar-refractivity contribution in [2.24, 2.45) is 11.7 Å². The molecule has 3 fully saturated rings. The summed E-state index contributed by atoms with van der Waals surface area (Å²) in [5, 5.41) is 17.0. The van der Waals surface area contributed by atoms with Gasteiger partial charge in [-0.15, -0.1) is 0 Å². The lowest BCUT2D eigenvalue weighted by molar-refractivity contribution is -0.123. The average Bonchev–Trinajstić information content (AvgIpc) is 4.07. The Bertz CT molecular complexity index is 2720. The fourth-order valence-electron chi connectivity index (χ4n) is 10.4. The molecule has 4 aromatic carbocycles. The van der Waals surface area contributed by atoms with Gasteiger partial charge in [0.05, 0.1) is 16.1 Å². The van der Waals surface area contributed by atoms with Crippen molar-refractivity contribution in [1.29, 1.82) is 0 Å². The number of ether oxygens (including phenoxy) is 1. The molecule has 1 aliphatic heterocycles. The number of nitrogens with zero attached hydrogens (tertiary/aromatic N) is 4. The van der Waals surface area contributed by atoms with E-state index in [4.69, 9.17) is 38.6 Å². The molecule has 386 valence electrons. The van der Waals surface area contributed by atoms with E-state index in [-0.39, 0.29) is 62.6 Å². The summed E-state index contributed by atoms with van der Waals surface area (Å²) in [6.07, 6.45) is 14.4. The van der Waals surface area contributed by atoms with Crippen LogP contribution in [0.2, 0.25) is 10.0 Å². The molecule has 16 heteroatoms. The molecule has 73 heavy (non-hydrogen) atoms. The Morgan fingerprint density at radius 2 is 1.51 bits per heavy atom. The molecular formula is C57H65Cl2FN6O6S. The zero-order valence-corrected chi connectivity index (χ0v) is 44.0. The van der Waals surface area contributed by atoms with E-state index in [1.807, 2.05) is 36.4 Å². The number of carboxylic acid groups (broad SMARTS) is 1. The van der Waals surface area contributed by atoms with Crippen LogP contribution in [0.15, 0.2) is 136 Å². The second-order valence-corrected chi connectivity index (χ2v) is 21.3. The number of aromatic nitrogens is 2. The Balaban J connectivity index is 0.000000175. The molecule has 6 aromatic rings. The summed E-state index contributed by atoms with van der Waals surface area (Å²) in [4.78, 5) is 45.8. The van der Waals surface area contributed by atoms with Crippen molar-refractivity contribution < 1.29 is 33.1 Å². The second-order valence-electron chi connectivity index (χ2n) is 19.4. The van der Waals surface area contributed by atoms with E-state index in [1.54, 1.807) is 6.20 Å². The first-order valence-corrected chi connectivity index (χ1v) is 26.5. The summed E-state index contributed by atoms with van der Waals surface area (Å²) < 4.78 is 23.0. The third-order valence-corrected chi connectivity index (χ3v) is 16.2. The Hall–Kier alpha value is -5.77. The molecule has 0 spiro atoms. The van der Waals surface area contributed by atoms with Crippen molar-refractivity contribution in [2.45, 2.75) is 117 Å². The average molecular weight is 1050 g/mol. The number of nitrogens with one attached hydrogen (secondary N) is 1. The molecule has 1 saturated heterocycles. The predicted molar refractivity (Wildman–Crippen MR) is 286 cm³/mol. The Morgan fingerprint density at radius 3 is 2.11 bits per heavy atom. The molecule has 4 N–H and O–H groups in total. The number of hydrogen-bond donors (Lipinski definition) is 3. The molecule has 0 atom stereocenters. The summed E-state index contributed by atoms with van der Waals surface area (Å²) in [5.41, 5.74) is 9.18. The maximum absolute atomic E-state index is 13.7. The highest BCUT2D eigenvalue weighted by molar-refractivity contribution is 7.99. The summed E-state index contributed by atoms with van der Waals surface area (Å²) in [6, 6.07) is 37.1. The minimum absolute atomic E-state index is 0.0312. The van der Waals surface area contributed by atoms with E-state index in [9.17, 15) is 18.8 Å². The van der Waals surface area contributed by atoms with Gasteiger partial charge < -0.3 is 30.3 Å². The van der Waals surface area contributed by atoms with E-state index in [2.05, 4.69) is 105 Å². The summed E-state index contributed by atoms with van der Waals surface area (Å²) in [5.74, 6) is -0.774. The van der Waals surface area contributed by atoms with E-state index >= 15 is 0 Å². The molecule has 2 aromatic heterocycles. The molecule has 0 bridgehead atoms. The number of primary amides is 1. The number of rotatable bonds is 14. The lowest BCUT2D eigenvalue weighted by Gasteiger charge is -2.47. The van der Waals surface area contributed by atoms with Crippen LogP contribution in [0, 0.1) is 18.7 Å². The van der Waals surface area contributed by atoms with Gasteiger partial charge in [0.1, 0.15) is 10.8 Å². The molecule has 9 rings (SSSR count). The van der Waals surface area contributed by atoms with Gasteiger partial charge >= 0.3 is 6.16 Å². The number of likely N-dealkylation sites (tertiary alicyclic amines) is 1. The van der Waals surface area contributed by atoms with E-state index in [1.165, 1.54) is 73.9 Å². The van der Waals surface area contributed by atoms with Gasteiger partial charge in [0, 0.05) is 46.1 Å². The Kier molecular flexibility index (Phi) is 19.5. The smallest absolute Gasteiger partial charge is 0.449 e. The van der Waals surface area contributed by atoms with Crippen LogP contribution in [0.3, 0.4) is 0 Å². The number of nitrogens with two attached hydrogens (primary N) is 1. The van der Waals surface area contributed by atoms with Gasteiger partial charge in [-0.25, -0.2) is 14.2 Å². The van der Waals surface area contributed by atoms with Crippen LogP contribution in [0.1, 0.15) is 97.9 Å². The third-order valence-electron chi connectivity index (χ3n) is 14.6. The number of halogens is 3. The molecule has 0 radical (unpaired) electrons. The van der Waals surface area contributed by atoms with Crippen LogP contribution in [0.5, 0.6) is 5.75 Å². The van der Waals surface area contributed by atoms with Gasteiger partial charge in [-0.05, 0) is 170 Å². The van der Waals surface area contributed by atoms with Gasteiger partial charge in [-0.2, -0.15) is 0 Å². The van der Waals surface area contributed by atoms with E-state index < -0.39 is 12.0 Å². The maximum atomic E-state index is 13.7. The minimum atomic E-state index is -1.55. The van der Waals surface area contributed by atoms with Gasteiger partial charge in [0.2, 0.25) is 11.7 Å². The standard InChI is InChI=1S/C29H32ClN3OS.C17H26N2O.C11H7ClFNO4/c30-23-10-12-25(13-11-23)35-28-26(9-6-18-31-28)27(34)32-24-14-16-29(17-15-24,33-19-4-5-20-33)21-22-7-2-1-3-8-22;1-19(2)17(11-8-14-6-4-3-5-7-14)12-9-15(10-13-17)16(18)20;1-5-10(17-11(15)16)9(14-18-5)8-6(12)3-2-4-7(8)13/h1-3,6-13,18,24H,4-5,14-17,19-21H2,(H,32,34);3-7,15H,8-13H2,1-2H3,(H2,18,20);2-4H,1H3,(H,15,16). The molecule has 2 aliphatic carbocycles. The number of aryl methyl sites for hydroxylation is 2. The highest BCUT2D eigenvalue weighted by Gasteiger charge is 2.42. The summed E-state index contributed by atoms with van der Waals surface area (Å²) in [6.45, 7) is 3.85. The largest absolute Gasteiger partial charge is 0.511 e. The maximum Gasteiger partial charge on any atom is 0.511 e. The fraction of sp³-hybridized carbons (Fsp3) is 0.386. The van der Waals surface area contributed by atoms with Gasteiger partial charge in [-0.3, -0.25) is 14.5 Å². The Labute approximate surface area is 442 Å². The lowest BCUT2D eigenvalue weighted by Crippen LogP contribution is -2.54.